The Morgan fingerprint density at radius 1 is 1.24 bits per heavy atom. The minimum atomic E-state index is 0.647. The van der Waals surface area contributed by atoms with E-state index in [0.717, 1.165) is 31.6 Å². The lowest BCUT2D eigenvalue weighted by Crippen LogP contribution is -2.41. The van der Waals surface area contributed by atoms with Gasteiger partial charge >= 0.3 is 0 Å². The lowest BCUT2D eigenvalue weighted by molar-refractivity contribution is 0.119. The van der Waals surface area contributed by atoms with Crippen LogP contribution in [0.1, 0.15) is 32.6 Å². The Morgan fingerprint density at radius 3 is 2.59 bits per heavy atom. The number of piperidine rings is 1. The van der Waals surface area contributed by atoms with Gasteiger partial charge in [-0.05, 0) is 64.6 Å². The Morgan fingerprint density at radius 2 is 1.94 bits per heavy atom. The lowest BCUT2D eigenvalue weighted by Gasteiger charge is -2.33. The molecule has 0 radical (unpaired) electrons. The summed E-state index contributed by atoms with van der Waals surface area (Å²) >= 11 is 0. The van der Waals surface area contributed by atoms with Gasteiger partial charge in [0.1, 0.15) is 0 Å². The van der Waals surface area contributed by atoms with Gasteiger partial charge in [-0.15, -0.1) is 0 Å². The molecule has 2 fully saturated rings. The quantitative estimate of drug-likeness (QED) is 0.686. The summed E-state index contributed by atoms with van der Waals surface area (Å²) < 4.78 is 5.64. The van der Waals surface area contributed by atoms with Crippen molar-refractivity contribution in [1.29, 1.82) is 0 Å². The predicted octanol–water partition coefficient (Wildman–Crippen LogP) is 1.73. The van der Waals surface area contributed by atoms with E-state index in [9.17, 15) is 0 Å². The first kappa shape index (κ1) is 13.3. The molecule has 0 amide bonds. The molecule has 1 atom stereocenters. The molecule has 1 heterocycles. The topological polar surface area (TPSA) is 24.5 Å². The molecule has 1 N–H and O–H groups in total. The van der Waals surface area contributed by atoms with Crippen LogP contribution >= 0.6 is 0 Å². The highest BCUT2D eigenvalue weighted by atomic mass is 16.5. The number of ether oxygens (including phenoxy) is 1. The second kappa shape index (κ2) is 6.72. The monoisotopic (exact) mass is 240 g/mol. The maximum atomic E-state index is 5.64. The smallest absolute Gasteiger partial charge is 0.0591 e. The van der Waals surface area contributed by atoms with Crippen LogP contribution in [0.2, 0.25) is 0 Å². The van der Waals surface area contributed by atoms with Crippen molar-refractivity contribution < 1.29 is 4.74 Å². The van der Waals surface area contributed by atoms with Crippen molar-refractivity contribution in [3.8, 4) is 0 Å². The molecular weight excluding hydrogens is 212 g/mol. The van der Waals surface area contributed by atoms with Crippen molar-refractivity contribution >= 4 is 0 Å². The van der Waals surface area contributed by atoms with E-state index in [1.165, 1.54) is 38.8 Å². The standard InChI is InChI=1S/C14H28N2O/c1-12(14-5-8-16(2)9-6-14)15-7-10-17-11-13-3-4-13/h12-15H,3-11H2,1-2H3. The first-order valence-corrected chi connectivity index (χ1v) is 7.25. The van der Waals surface area contributed by atoms with E-state index < -0.39 is 0 Å². The van der Waals surface area contributed by atoms with E-state index in [4.69, 9.17) is 4.74 Å². The fourth-order valence-corrected chi connectivity index (χ4v) is 2.59. The summed E-state index contributed by atoms with van der Waals surface area (Å²) in [7, 11) is 2.22. The largest absolute Gasteiger partial charge is 0.380 e. The van der Waals surface area contributed by atoms with Crippen LogP contribution in [0.4, 0.5) is 0 Å². The summed E-state index contributed by atoms with van der Waals surface area (Å²) in [5.74, 6) is 1.75. The fraction of sp³-hybridized carbons (Fsp3) is 1.00. The van der Waals surface area contributed by atoms with E-state index >= 15 is 0 Å². The van der Waals surface area contributed by atoms with Gasteiger partial charge in [0, 0.05) is 19.2 Å². The van der Waals surface area contributed by atoms with Crippen LogP contribution in [0.3, 0.4) is 0 Å². The maximum Gasteiger partial charge on any atom is 0.0591 e. The van der Waals surface area contributed by atoms with Crippen molar-refractivity contribution in [1.82, 2.24) is 10.2 Å². The zero-order chi connectivity index (χ0) is 12.1. The van der Waals surface area contributed by atoms with Gasteiger partial charge in [-0.2, -0.15) is 0 Å². The van der Waals surface area contributed by atoms with Crippen LogP contribution in [-0.2, 0) is 4.74 Å². The molecule has 17 heavy (non-hydrogen) atoms. The van der Waals surface area contributed by atoms with E-state index in [0.29, 0.717) is 6.04 Å². The van der Waals surface area contributed by atoms with Crippen molar-refractivity contribution in [2.75, 3.05) is 39.9 Å². The van der Waals surface area contributed by atoms with E-state index in [1.807, 2.05) is 0 Å². The first-order valence-electron chi connectivity index (χ1n) is 7.25. The van der Waals surface area contributed by atoms with Crippen LogP contribution in [0.5, 0.6) is 0 Å². The van der Waals surface area contributed by atoms with Crippen molar-refractivity contribution in [3.05, 3.63) is 0 Å². The summed E-state index contributed by atoms with van der Waals surface area (Å²) in [5.41, 5.74) is 0. The number of hydrogen-bond donors (Lipinski definition) is 1. The van der Waals surface area contributed by atoms with Gasteiger partial charge < -0.3 is 15.0 Å². The van der Waals surface area contributed by atoms with Crippen molar-refractivity contribution in [3.63, 3.8) is 0 Å². The Hall–Kier alpha value is -0.120. The molecule has 0 bridgehead atoms. The van der Waals surface area contributed by atoms with Gasteiger partial charge in [0.2, 0.25) is 0 Å². The third-order valence-electron chi connectivity index (χ3n) is 4.23. The van der Waals surface area contributed by atoms with Gasteiger partial charge in [-0.1, -0.05) is 0 Å². The Kier molecular flexibility index (Phi) is 5.26. The zero-order valence-corrected chi connectivity index (χ0v) is 11.5. The Labute approximate surface area is 106 Å². The number of nitrogens with one attached hydrogen (secondary N) is 1. The van der Waals surface area contributed by atoms with E-state index in [2.05, 4.69) is 24.2 Å². The van der Waals surface area contributed by atoms with Crippen LogP contribution < -0.4 is 5.32 Å². The van der Waals surface area contributed by atoms with E-state index in [1.54, 1.807) is 0 Å². The molecule has 0 aromatic rings. The van der Waals surface area contributed by atoms with Gasteiger partial charge in [-0.25, -0.2) is 0 Å². The average Bonchev–Trinajstić information content (AvgIpc) is 3.13. The second-order valence-electron chi connectivity index (χ2n) is 5.90. The highest BCUT2D eigenvalue weighted by molar-refractivity contribution is 4.78. The van der Waals surface area contributed by atoms with Crippen LogP contribution in [0, 0.1) is 11.8 Å². The SMILES string of the molecule is CC(NCCOCC1CC1)C1CCN(C)CC1. The maximum absolute atomic E-state index is 5.64. The molecule has 1 saturated heterocycles. The van der Waals surface area contributed by atoms with Crippen LogP contribution in [-0.4, -0.2) is 50.8 Å². The van der Waals surface area contributed by atoms with Crippen molar-refractivity contribution in [2.45, 2.75) is 38.6 Å². The average molecular weight is 240 g/mol. The van der Waals surface area contributed by atoms with Gasteiger partial charge in [0.25, 0.3) is 0 Å². The summed E-state index contributed by atoms with van der Waals surface area (Å²) in [4.78, 5) is 2.43. The summed E-state index contributed by atoms with van der Waals surface area (Å²) in [5, 5.41) is 3.62. The number of hydrogen-bond acceptors (Lipinski definition) is 3. The highest BCUT2D eigenvalue weighted by Gasteiger charge is 2.22. The summed E-state index contributed by atoms with van der Waals surface area (Å²) in [6, 6.07) is 0.647. The predicted molar refractivity (Wildman–Crippen MR) is 71.2 cm³/mol. The minimum absolute atomic E-state index is 0.647. The number of rotatable bonds is 7. The molecule has 3 heteroatoms. The molecular formula is C14H28N2O. The molecule has 3 nitrogen and oxygen atoms in total. The second-order valence-corrected chi connectivity index (χ2v) is 5.90. The minimum Gasteiger partial charge on any atom is -0.380 e. The summed E-state index contributed by atoms with van der Waals surface area (Å²) in [6.45, 7) is 7.73. The third-order valence-corrected chi connectivity index (χ3v) is 4.23. The first-order chi connectivity index (χ1) is 8.25. The Balaban J connectivity index is 1.49. The molecule has 100 valence electrons. The van der Waals surface area contributed by atoms with Gasteiger partial charge in [0.15, 0.2) is 0 Å². The molecule has 2 rings (SSSR count). The third kappa shape index (κ3) is 4.94. The lowest BCUT2D eigenvalue weighted by atomic mass is 9.90. The molecule has 2 aliphatic rings. The van der Waals surface area contributed by atoms with Gasteiger partial charge in [-0.3, -0.25) is 0 Å². The molecule has 1 aliphatic carbocycles. The molecule has 0 aromatic heterocycles. The molecule has 1 aliphatic heterocycles. The van der Waals surface area contributed by atoms with Crippen LogP contribution in [0.25, 0.3) is 0 Å². The molecule has 1 saturated carbocycles. The number of likely N-dealkylation sites (tertiary alicyclic amines) is 1. The molecule has 0 aromatic carbocycles. The van der Waals surface area contributed by atoms with E-state index in [-0.39, 0.29) is 0 Å². The normalized spacial score (nSPS) is 25.1. The van der Waals surface area contributed by atoms with Crippen LogP contribution in [0.15, 0.2) is 0 Å². The zero-order valence-electron chi connectivity index (χ0n) is 11.5. The van der Waals surface area contributed by atoms with Gasteiger partial charge in [0.05, 0.1) is 6.61 Å². The Bertz CT molecular complexity index is 210. The molecule has 1 unspecified atom stereocenters. The molecule has 0 spiro atoms. The van der Waals surface area contributed by atoms with Crippen molar-refractivity contribution in [2.24, 2.45) is 11.8 Å². The number of nitrogens with zero attached hydrogens (tertiary/aromatic N) is 1. The summed E-state index contributed by atoms with van der Waals surface area (Å²) in [6.07, 6.45) is 5.46. The fourth-order valence-electron chi connectivity index (χ4n) is 2.59. The highest BCUT2D eigenvalue weighted by Crippen LogP contribution is 2.28.